The van der Waals surface area contributed by atoms with Gasteiger partial charge in [0.05, 0.1) is 19.3 Å². The van der Waals surface area contributed by atoms with Crippen LogP contribution in [0.2, 0.25) is 0 Å². The van der Waals surface area contributed by atoms with E-state index in [1.165, 1.54) is 7.11 Å². The predicted molar refractivity (Wildman–Crippen MR) is 68.1 cm³/mol. The smallest absolute Gasteiger partial charge is 0.257 e. The minimum Gasteiger partial charge on any atom is -0.480 e. The van der Waals surface area contributed by atoms with Gasteiger partial charge in [-0.05, 0) is 25.0 Å². The molecular formula is C13H18N2O4. The summed E-state index contributed by atoms with van der Waals surface area (Å²) in [7, 11) is 1.47. The molecule has 2 heterocycles. The molecular weight excluding hydrogens is 248 g/mol. The van der Waals surface area contributed by atoms with Crippen molar-refractivity contribution in [3.05, 3.63) is 23.9 Å². The number of ether oxygens (including phenoxy) is 2. The second-order valence-electron chi connectivity index (χ2n) is 4.57. The fourth-order valence-electron chi connectivity index (χ4n) is 2.12. The lowest BCUT2D eigenvalue weighted by Crippen LogP contribution is -2.54. The van der Waals surface area contributed by atoms with Gasteiger partial charge in [-0.15, -0.1) is 0 Å². The minimum absolute atomic E-state index is 0.106. The van der Waals surface area contributed by atoms with Crippen molar-refractivity contribution in [2.45, 2.75) is 18.4 Å². The van der Waals surface area contributed by atoms with Crippen LogP contribution in [0.4, 0.5) is 0 Å². The molecule has 1 amide bonds. The number of carbonyl (C=O) groups is 1. The number of aliphatic hydroxyl groups is 1. The molecule has 1 aliphatic rings. The predicted octanol–water partition coefficient (Wildman–Crippen LogP) is 0.361. The molecule has 0 bridgehead atoms. The molecule has 0 spiro atoms. The Morgan fingerprint density at radius 1 is 1.58 bits per heavy atom. The van der Waals surface area contributed by atoms with Crippen molar-refractivity contribution < 1.29 is 19.4 Å². The average Bonchev–Trinajstić information content (AvgIpc) is 2.48. The Morgan fingerprint density at radius 2 is 2.32 bits per heavy atom. The van der Waals surface area contributed by atoms with E-state index in [4.69, 9.17) is 9.47 Å². The molecule has 6 heteroatoms. The Kier molecular flexibility index (Phi) is 4.34. The van der Waals surface area contributed by atoms with Crippen LogP contribution in [0.15, 0.2) is 18.3 Å². The maximum atomic E-state index is 12.3. The monoisotopic (exact) mass is 266 g/mol. The number of nitrogens with zero attached hydrogens (tertiary/aromatic N) is 1. The highest BCUT2D eigenvalue weighted by atomic mass is 16.5. The van der Waals surface area contributed by atoms with Gasteiger partial charge in [-0.1, -0.05) is 0 Å². The molecule has 0 radical (unpaired) electrons. The summed E-state index contributed by atoms with van der Waals surface area (Å²) in [5, 5.41) is 12.4. The van der Waals surface area contributed by atoms with Crippen molar-refractivity contribution in [1.82, 2.24) is 10.3 Å². The van der Waals surface area contributed by atoms with Crippen LogP contribution in [0, 0.1) is 0 Å². The normalized spacial score (nSPS) is 17.8. The van der Waals surface area contributed by atoms with E-state index < -0.39 is 5.54 Å². The number of nitrogens with one attached hydrogen (secondary N) is 1. The highest BCUT2D eigenvalue weighted by Crippen LogP contribution is 2.22. The summed E-state index contributed by atoms with van der Waals surface area (Å²) in [5.74, 6) is -0.0129. The van der Waals surface area contributed by atoms with Crippen LogP contribution in [0.3, 0.4) is 0 Å². The first-order chi connectivity index (χ1) is 9.21. The van der Waals surface area contributed by atoms with Gasteiger partial charge in [-0.3, -0.25) is 4.79 Å². The molecule has 0 atom stereocenters. The summed E-state index contributed by atoms with van der Waals surface area (Å²) >= 11 is 0. The van der Waals surface area contributed by atoms with Crippen molar-refractivity contribution >= 4 is 5.91 Å². The Labute approximate surface area is 111 Å². The fourth-order valence-corrected chi connectivity index (χ4v) is 2.12. The number of hydrogen-bond donors (Lipinski definition) is 2. The van der Waals surface area contributed by atoms with Crippen molar-refractivity contribution in [3.8, 4) is 5.88 Å². The molecule has 2 N–H and O–H groups in total. The molecule has 1 aromatic rings. The van der Waals surface area contributed by atoms with Crippen LogP contribution in [0.1, 0.15) is 23.2 Å². The third-order valence-electron chi connectivity index (χ3n) is 3.34. The number of pyridine rings is 1. The molecule has 0 saturated carbocycles. The highest BCUT2D eigenvalue weighted by Gasteiger charge is 2.34. The van der Waals surface area contributed by atoms with Crippen LogP contribution >= 0.6 is 0 Å². The lowest BCUT2D eigenvalue weighted by atomic mass is 9.90. The largest absolute Gasteiger partial charge is 0.480 e. The number of aliphatic hydroxyl groups excluding tert-OH is 1. The van der Waals surface area contributed by atoms with Crippen molar-refractivity contribution in [1.29, 1.82) is 0 Å². The molecule has 6 nitrogen and oxygen atoms in total. The standard InChI is InChI=1S/C13H18N2O4/c1-18-12-10(3-2-6-14-12)11(17)15-13(9-16)4-7-19-8-5-13/h2-3,6,16H,4-5,7-9H2,1H3,(H,15,17). The molecule has 1 aliphatic heterocycles. The summed E-state index contributed by atoms with van der Waals surface area (Å²) in [5.41, 5.74) is -0.250. The van der Waals surface area contributed by atoms with Gasteiger partial charge in [0.25, 0.3) is 5.91 Å². The molecule has 104 valence electrons. The zero-order valence-corrected chi connectivity index (χ0v) is 10.9. The maximum Gasteiger partial charge on any atom is 0.257 e. The SMILES string of the molecule is COc1ncccc1C(=O)NC1(CO)CCOCC1. The average molecular weight is 266 g/mol. The number of carbonyl (C=O) groups excluding carboxylic acids is 1. The van der Waals surface area contributed by atoms with Crippen molar-refractivity contribution in [2.24, 2.45) is 0 Å². The second-order valence-corrected chi connectivity index (χ2v) is 4.57. The maximum absolute atomic E-state index is 12.3. The van der Waals surface area contributed by atoms with E-state index in [1.54, 1.807) is 18.3 Å². The van der Waals surface area contributed by atoms with Gasteiger partial charge in [0.2, 0.25) is 5.88 Å². The van der Waals surface area contributed by atoms with E-state index in [-0.39, 0.29) is 18.4 Å². The Morgan fingerprint density at radius 3 is 2.95 bits per heavy atom. The van der Waals surface area contributed by atoms with E-state index in [0.717, 1.165) is 0 Å². The highest BCUT2D eigenvalue weighted by molar-refractivity contribution is 5.96. The van der Waals surface area contributed by atoms with Gasteiger partial charge in [-0.25, -0.2) is 4.98 Å². The first kappa shape index (κ1) is 13.8. The lowest BCUT2D eigenvalue weighted by molar-refractivity contribution is 0.0125. The van der Waals surface area contributed by atoms with Crippen LogP contribution in [-0.4, -0.2) is 48.5 Å². The summed E-state index contributed by atoms with van der Waals surface area (Å²) in [4.78, 5) is 16.3. The molecule has 1 fully saturated rings. The van der Waals surface area contributed by atoms with Crippen LogP contribution in [-0.2, 0) is 4.74 Å². The zero-order chi connectivity index (χ0) is 13.7. The quantitative estimate of drug-likeness (QED) is 0.822. The first-order valence-electron chi connectivity index (χ1n) is 6.21. The van der Waals surface area contributed by atoms with Gasteiger partial charge in [0, 0.05) is 19.4 Å². The molecule has 19 heavy (non-hydrogen) atoms. The topological polar surface area (TPSA) is 80.7 Å². The summed E-state index contributed by atoms with van der Waals surface area (Å²) < 4.78 is 10.3. The third-order valence-corrected chi connectivity index (χ3v) is 3.34. The molecule has 0 aromatic carbocycles. The Balaban J connectivity index is 2.15. The lowest BCUT2D eigenvalue weighted by Gasteiger charge is -2.36. The summed E-state index contributed by atoms with van der Waals surface area (Å²) in [6, 6.07) is 3.32. The number of rotatable bonds is 4. The van der Waals surface area contributed by atoms with E-state index in [0.29, 0.717) is 31.6 Å². The first-order valence-corrected chi connectivity index (χ1v) is 6.21. The van der Waals surface area contributed by atoms with Gasteiger partial charge >= 0.3 is 0 Å². The third kappa shape index (κ3) is 3.02. The Hall–Kier alpha value is -1.66. The van der Waals surface area contributed by atoms with E-state index in [2.05, 4.69) is 10.3 Å². The number of amides is 1. The summed E-state index contributed by atoms with van der Waals surface area (Å²) in [6.45, 7) is 0.959. The molecule has 0 unspecified atom stereocenters. The van der Waals surface area contributed by atoms with Crippen LogP contribution in [0.5, 0.6) is 5.88 Å². The van der Waals surface area contributed by atoms with Gasteiger partial charge < -0.3 is 19.9 Å². The Bertz CT molecular complexity index is 444. The van der Waals surface area contributed by atoms with E-state index in [9.17, 15) is 9.90 Å². The van der Waals surface area contributed by atoms with Gasteiger partial charge in [-0.2, -0.15) is 0 Å². The fraction of sp³-hybridized carbons (Fsp3) is 0.538. The molecule has 0 aliphatic carbocycles. The second kappa shape index (κ2) is 5.99. The molecule has 1 aromatic heterocycles. The van der Waals surface area contributed by atoms with Crippen LogP contribution < -0.4 is 10.1 Å². The number of hydrogen-bond acceptors (Lipinski definition) is 5. The minimum atomic E-state index is -0.615. The summed E-state index contributed by atoms with van der Waals surface area (Å²) in [6.07, 6.45) is 2.75. The van der Waals surface area contributed by atoms with Gasteiger partial charge in [0.1, 0.15) is 5.56 Å². The number of methoxy groups -OCH3 is 1. The molecule has 2 rings (SSSR count). The van der Waals surface area contributed by atoms with Crippen LogP contribution in [0.25, 0.3) is 0 Å². The van der Waals surface area contributed by atoms with Gasteiger partial charge in [0.15, 0.2) is 0 Å². The zero-order valence-electron chi connectivity index (χ0n) is 10.9. The molecule has 1 saturated heterocycles. The van der Waals surface area contributed by atoms with E-state index in [1.807, 2.05) is 0 Å². The van der Waals surface area contributed by atoms with Crippen molar-refractivity contribution in [3.63, 3.8) is 0 Å². The number of aromatic nitrogens is 1. The van der Waals surface area contributed by atoms with Crippen molar-refractivity contribution in [2.75, 3.05) is 26.9 Å². The van der Waals surface area contributed by atoms with E-state index >= 15 is 0 Å².